The standard InChI is InChI=1S/C12H8N4O2/c13-7-11-12(16(17)18)14-8-10(15-11)6-9-4-2-1-3-5-9/h1-5,8H,6H2. The maximum absolute atomic E-state index is 10.6. The highest BCUT2D eigenvalue weighted by atomic mass is 16.6. The third-order valence-electron chi connectivity index (χ3n) is 2.31. The van der Waals surface area contributed by atoms with Gasteiger partial charge in [-0.2, -0.15) is 5.26 Å². The number of benzene rings is 1. The second kappa shape index (κ2) is 5.01. The Balaban J connectivity index is 2.32. The zero-order valence-corrected chi connectivity index (χ0v) is 9.28. The van der Waals surface area contributed by atoms with Gasteiger partial charge in [-0.3, -0.25) is 0 Å². The lowest BCUT2D eigenvalue weighted by Gasteiger charge is -2.00. The van der Waals surface area contributed by atoms with Gasteiger partial charge < -0.3 is 10.1 Å². The molecule has 0 radical (unpaired) electrons. The van der Waals surface area contributed by atoms with Crippen LogP contribution in [0.25, 0.3) is 0 Å². The predicted octanol–water partition coefficient (Wildman–Crippen LogP) is 1.85. The number of nitriles is 1. The summed E-state index contributed by atoms with van der Waals surface area (Å²) in [6, 6.07) is 11.2. The summed E-state index contributed by atoms with van der Waals surface area (Å²) in [6.07, 6.45) is 1.81. The van der Waals surface area contributed by atoms with Gasteiger partial charge in [0.15, 0.2) is 6.20 Å². The quantitative estimate of drug-likeness (QED) is 0.602. The minimum absolute atomic E-state index is 0.256. The van der Waals surface area contributed by atoms with Crippen molar-refractivity contribution in [2.75, 3.05) is 0 Å². The lowest BCUT2D eigenvalue weighted by atomic mass is 10.1. The third kappa shape index (κ3) is 2.47. The molecule has 18 heavy (non-hydrogen) atoms. The summed E-state index contributed by atoms with van der Waals surface area (Å²) >= 11 is 0. The van der Waals surface area contributed by atoms with Crippen LogP contribution in [0.15, 0.2) is 36.5 Å². The molecule has 6 heteroatoms. The zero-order valence-electron chi connectivity index (χ0n) is 9.28. The van der Waals surface area contributed by atoms with Crippen molar-refractivity contribution in [1.82, 2.24) is 9.97 Å². The van der Waals surface area contributed by atoms with E-state index in [2.05, 4.69) is 9.97 Å². The second-order valence-corrected chi connectivity index (χ2v) is 3.56. The highest BCUT2D eigenvalue weighted by molar-refractivity contribution is 5.37. The SMILES string of the molecule is N#Cc1nc(Cc2ccccc2)cnc1[N+](=O)[O-]. The summed E-state index contributed by atoms with van der Waals surface area (Å²) in [5, 5.41) is 19.4. The molecule has 0 saturated heterocycles. The van der Waals surface area contributed by atoms with Gasteiger partial charge in [-0.05, 0) is 15.5 Å². The van der Waals surface area contributed by atoms with E-state index in [1.54, 1.807) is 6.07 Å². The van der Waals surface area contributed by atoms with Crippen LogP contribution in [0.2, 0.25) is 0 Å². The molecule has 1 heterocycles. The van der Waals surface area contributed by atoms with E-state index in [1.165, 1.54) is 6.20 Å². The molecule has 88 valence electrons. The van der Waals surface area contributed by atoms with Crippen LogP contribution in [0.3, 0.4) is 0 Å². The molecule has 1 aromatic carbocycles. The smallest absolute Gasteiger partial charge is 0.358 e. The lowest BCUT2D eigenvalue weighted by molar-refractivity contribution is -0.390. The number of hydrogen-bond acceptors (Lipinski definition) is 5. The van der Waals surface area contributed by atoms with Gasteiger partial charge in [0.2, 0.25) is 5.69 Å². The number of aromatic nitrogens is 2. The van der Waals surface area contributed by atoms with Crippen molar-refractivity contribution in [2.45, 2.75) is 6.42 Å². The van der Waals surface area contributed by atoms with E-state index in [-0.39, 0.29) is 5.69 Å². The molecular weight excluding hydrogens is 232 g/mol. The molecule has 0 atom stereocenters. The molecular formula is C12H8N4O2. The first-order chi connectivity index (χ1) is 8.70. The van der Waals surface area contributed by atoms with Crippen molar-refractivity contribution in [2.24, 2.45) is 0 Å². The van der Waals surface area contributed by atoms with E-state index in [9.17, 15) is 10.1 Å². The summed E-state index contributed by atoms with van der Waals surface area (Å²) in [7, 11) is 0. The maximum atomic E-state index is 10.6. The fraction of sp³-hybridized carbons (Fsp3) is 0.0833. The number of rotatable bonds is 3. The normalized spacial score (nSPS) is 9.72. The molecule has 0 aliphatic carbocycles. The Morgan fingerprint density at radius 3 is 2.67 bits per heavy atom. The molecule has 0 fully saturated rings. The van der Waals surface area contributed by atoms with Crippen LogP contribution in [0, 0.1) is 21.4 Å². The molecule has 0 aliphatic heterocycles. The monoisotopic (exact) mass is 240 g/mol. The van der Waals surface area contributed by atoms with Crippen LogP contribution in [-0.4, -0.2) is 14.9 Å². The van der Waals surface area contributed by atoms with Crippen LogP contribution in [0.5, 0.6) is 0 Å². The fourth-order valence-electron chi connectivity index (χ4n) is 1.52. The first-order valence-corrected chi connectivity index (χ1v) is 5.15. The van der Waals surface area contributed by atoms with Crippen molar-refractivity contribution in [3.8, 4) is 6.07 Å². The molecule has 0 aliphatic rings. The van der Waals surface area contributed by atoms with E-state index in [0.29, 0.717) is 12.1 Å². The average Bonchev–Trinajstić information content (AvgIpc) is 2.39. The van der Waals surface area contributed by atoms with Crippen molar-refractivity contribution in [1.29, 1.82) is 5.26 Å². The highest BCUT2D eigenvalue weighted by Gasteiger charge is 2.17. The van der Waals surface area contributed by atoms with Crippen LogP contribution in [0.4, 0.5) is 5.82 Å². The van der Waals surface area contributed by atoms with Crippen molar-refractivity contribution >= 4 is 5.82 Å². The lowest BCUT2D eigenvalue weighted by Crippen LogP contribution is -2.02. The fourth-order valence-corrected chi connectivity index (χ4v) is 1.52. The van der Waals surface area contributed by atoms with Gasteiger partial charge in [0.05, 0.1) is 5.69 Å². The van der Waals surface area contributed by atoms with Gasteiger partial charge in [0.1, 0.15) is 6.07 Å². The first kappa shape index (κ1) is 11.7. The number of hydrogen-bond donors (Lipinski definition) is 0. The molecule has 1 aromatic heterocycles. The van der Waals surface area contributed by atoms with Gasteiger partial charge in [-0.25, -0.2) is 4.98 Å². The Hall–Kier alpha value is -2.81. The number of nitrogens with zero attached hydrogens (tertiary/aromatic N) is 4. The Morgan fingerprint density at radius 2 is 2.06 bits per heavy atom. The minimum atomic E-state index is -0.710. The molecule has 0 bridgehead atoms. The topological polar surface area (TPSA) is 92.7 Å². The van der Waals surface area contributed by atoms with Crippen molar-refractivity contribution in [3.63, 3.8) is 0 Å². The molecule has 0 saturated carbocycles. The van der Waals surface area contributed by atoms with Gasteiger partial charge in [0, 0.05) is 6.42 Å². The molecule has 2 rings (SSSR count). The summed E-state index contributed by atoms with van der Waals surface area (Å²) < 4.78 is 0. The summed E-state index contributed by atoms with van der Waals surface area (Å²) in [5.41, 5.74) is 1.28. The molecule has 0 N–H and O–H groups in total. The van der Waals surface area contributed by atoms with Gasteiger partial charge in [-0.15, -0.1) is 0 Å². The molecule has 0 amide bonds. The van der Waals surface area contributed by atoms with E-state index < -0.39 is 10.7 Å². The molecule has 0 spiro atoms. The minimum Gasteiger partial charge on any atom is -0.358 e. The van der Waals surface area contributed by atoms with Crippen LogP contribution < -0.4 is 0 Å². The molecule has 6 nitrogen and oxygen atoms in total. The summed E-state index contributed by atoms with van der Waals surface area (Å²) in [6.45, 7) is 0. The highest BCUT2D eigenvalue weighted by Crippen LogP contribution is 2.13. The van der Waals surface area contributed by atoms with E-state index in [4.69, 9.17) is 5.26 Å². The van der Waals surface area contributed by atoms with Gasteiger partial charge in [0.25, 0.3) is 0 Å². The van der Waals surface area contributed by atoms with Crippen LogP contribution >= 0.6 is 0 Å². The molecule has 2 aromatic rings. The van der Waals surface area contributed by atoms with Gasteiger partial charge in [-0.1, -0.05) is 30.3 Å². The van der Waals surface area contributed by atoms with E-state index in [1.807, 2.05) is 30.3 Å². The van der Waals surface area contributed by atoms with E-state index in [0.717, 1.165) is 5.56 Å². The predicted molar refractivity (Wildman–Crippen MR) is 62.6 cm³/mol. The Morgan fingerprint density at radius 1 is 1.33 bits per heavy atom. The van der Waals surface area contributed by atoms with Crippen molar-refractivity contribution < 1.29 is 4.92 Å². The maximum Gasteiger partial charge on any atom is 0.400 e. The Labute approximate surface area is 103 Å². The second-order valence-electron chi connectivity index (χ2n) is 3.56. The van der Waals surface area contributed by atoms with E-state index >= 15 is 0 Å². The summed E-state index contributed by atoms with van der Waals surface area (Å²) in [4.78, 5) is 17.5. The van der Waals surface area contributed by atoms with Crippen molar-refractivity contribution in [3.05, 3.63) is 63.6 Å². The van der Waals surface area contributed by atoms with Crippen LogP contribution in [-0.2, 0) is 6.42 Å². The first-order valence-electron chi connectivity index (χ1n) is 5.15. The number of nitro groups is 1. The zero-order chi connectivity index (χ0) is 13.0. The molecule has 0 unspecified atom stereocenters. The third-order valence-corrected chi connectivity index (χ3v) is 2.31. The largest absolute Gasteiger partial charge is 0.400 e. The van der Waals surface area contributed by atoms with Crippen LogP contribution in [0.1, 0.15) is 17.0 Å². The van der Waals surface area contributed by atoms with Gasteiger partial charge >= 0.3 is 5.82 Å². The Bertz CT molecular complexity index is 620. The Kier molecular flexibility index (Phi) is 3.25. The summed E-state index contributed by atoms with van der Waals surface area (Å²) in [5.74, 6) is -0.505. The average molecular weight is 240 g/mol.